The van der Waals surface area contributed by atoms with Crippen LogP contribution in [0.5, 0.6) is 0 Å². The largest absolute Gasteiger partial charge is 0.416 e. The van der Waals surface area contributed by atoms with Crippen LogP contribution in [0.25, 0.3) is 5.69 Å². The Morgan fingerprint density at radius 2 is 1.89 bits per heavy atom. The summed E-state index contributed by atoms with van der Waals surface area (Å²) in [5.74, 6) is -0.352. The molecule has 5 nitrogen and oxygen atoms in total. The van der Waals surface area contributed by atoms with E-state index in [1.165, 1.54) is 23.0 Å². The average molecular weight is 374 g/mol. The van der Waals surface area contributed by atoms with Gasteiger partial charge in [-0.2, -0.15) is 18.3 Å². The van der Waals surface area contributed by atoms with Crippen LogP contribution in [0.3, 0.4) is 0 Å². The number of pyridine rings is 1. The second-order valence-electron chi connectivity index (χ2n) is 6.08. The first-order chi connectivity index (χ1) is 12.8. The Kier molecular flexibility index (Phi) is 4.98. The van der Waals surface area contributed by atoms with E-state index < -0.39 is 11.7 Å². The van der Waals surface area contributed by atoms with E-state index in [1.807, 2.05) is 6.92 Å². The number of aromatic nitrogens is 3. The number of hydrogen-bond donors (Lipinski definition) is 1. The number of nitrogens with zero attached hydrogens (tertiary/aromatic N) is 3. The molecule has 3 rings (SSSR count). The maximum absolute atomic E-state index is 12.9. The van der Waals surface area contributed by atoms with Crippen molar-refractivity contribution in [2.75, 3.05) is 0 Å². The molecule has 1 amide bonds. The Hall–Kier alpha value is -3.16. The minimum atomic E-state index is -4.45. The van der Waals surface area contributed by atoms with E-state index in [4.69, 9.17) is 0 Å². The molecule has 3 aromatic rings. The number of halogens is 3. The third kappa shape index (κ3) is 3.99. The van der Waals surface area contributed by atoms with Crippen LogP contribution in [0.1, 0.15) is 40.1 Å². The maximum Gasteiger partial charge on any atom is 0.416 e. The Labute approximate surface area is 153 Å². The fourth-order valence-corrected chi connectivity index (χ4v) is 2.72. The van der Waals surface area contributed by atoms with E-state index in [2.05, 4.69) is 15.4 Å². The van der Waals surface area contributed by atoms with Crippen molar-refractivity contribution in [2.45, 2.75) is 26.1 Å². The standard InChI is InChI=1S/C19H17F3N4O/c1-12(14-6-8-23-9-7-14)25-18(27)17-11-24-26(13(17)2)16-5-3-4-15(10-16)19(20,21)22/h3-12H,1-2H3,(H,25,27). The van der Waals surface area contributed by atoms with Crippen molar-refractivity contribution in [1.29, 1.82) is 0 Å². The number of hydrogen-bond acceptors (Lipinski definition) is 3. The Morgan fingerprint density at radius 1 is 1.19 bits per heavy atom. The summed E-state index contributed by atoms with van der Waals surface area (Å²) in [5, 5.41) is 6.94. The molecule has 0 saturated carbocycles. The summed E-state index contributed by atoms with van der Waals surface area (Å²) in [6.07, 6.45) is 0.172. The molecule has 27 heavy (non-hydrogen) atoms. The summed E-state index contributed by atoms with van der Waals surface area (Å²) in [5.41, 5.74) is 1.11. The zero-order valence-corrected chi connectivity index (χ0v) is 14.7. The molecule has 0 spiro atoms. The second-order valence-corrected chi connectivity index (χ2v) is 6.08. The topological polar surface area (TPSA) is 59.8 Å². The van der Waals surface area contributed by atoms with Gasteiger partial charge >= 0.3 is 6.18 Å². The minimum Gasteiger partial charge on any atom is -0.345 e. The van der Waals surface area contributed by atoms with Crippen molar-refractivity contribution in [3.63, 3.8) is 0 Å². The summed E-state index contributed by atoms with van der Waals surface area (Å²) < 4.78 is 40.1. The van der Waals surface area contributed by atoms with Crippen molar-refractivity contribution < 1.29 is 18.0 Å². The average Bonchev–Trinajstić information content (AvgIpc) is 3.03. The molecule has 0 radical (unpaired) electrons. The van der Waals surface area contributed by atoms with Crippen LogP contribution in [0, 0.1) is 6.92 Å². The van der Waals surface area contributed by atoms with E-state index in [0.717, 1.165) is 17.7 Å². The van der Waals surface area contributed by atoms with Gasteiger partial charge in [-0.25, -0.2) is 4.68 Å². The van der Waals surface area contributed by atoms with Crippen LogP contribution in [0.4, 0.5) is 13.2 Å². The van der Waals surface area contributed by atoms with Gasteiger partial charge in [0, 0.05) is 12.4 Å². The summed E-state index contributed by atoms with van der Waals surface area (Å²) in [6.45, 7) is 3.47. The number of benzene rings is 1. The van der Waals surface area contributed by atoms with Gasteiger partial charge in [0.25, 0.3) is 5.91 Å². The van der Waals surface area contributed by atoms with Gasteiger partial charge < -0.3 is 5.32 Å². The van der Waals surface area contributed by atoms with Gasteiger partial charge in [-0.05, 0) is 49.7 Å². The number of nitrogens with one attached hydrogen (secondary N) is 1. The molecule has 0 aliphatic heterocycles. The minimum absolute atomic E-state index is 0.239. The third-order valence-corrected chi connectivity index (χ3v) is 4.23. The van der Waals surface area contributed by atoms with Gasteiger partial charge in [-0.1, -0.05) is 6.07 Å². The fourth-order valence-electron chi connectivity index (χ4n) is 2.72. The summed E-state index contributed by atoms with van der Waals surface area (Å²) in [6, 6.07) is 8.15. The van der Waals surface area contributed by atoms with Gasteiger partial charge in [-0.15, -0.1) is 0 Å². The van der Waals surface area contributed by atoms with Gasteiger partial charge in [0.15, 0.2) is 0 Å². The zero-order valence-electron chi connectivity index (χ0n) is 14.7. The van der Waals surface area contributed by atoms with E-state index in [0.29, 0.717) is 11.3 Å². The second kappa shape index (κ2) is 7.22. The SMILES string of the molecule is Cc1c(C(=O)NC(C)c2ccncc2)cnn1-c1cccc(C(F)(F)F)c1. The fraction of sp³-hybridized carbons (Fsp3) is 0.211. The predicted molar refractivity (Wildman–Crippen MR) is 93.4 cm³/mol. The monoisotopic (exact) mass is 374 g/mol. The van der Waals surface area contributed by atoms with Crippen molar-refractivity contribution in [3.8, 4) is 5.69 Å². The van der Waals surface area contributed by atoms with Gasteiger partial charge in [0.1, 0.15) is 0 Å². The molecule has 0 bridgehead atoms. The summed E-state index contributed by atoms with van der Waals surface area (Å²) in [7, 11) is 0. The molecule has 1 N–H and O–H groups in total. The van der Waals surface area contributed by atoms with E-state index in [-0.39, 0.29) is 17.6 Å². The number of carbonyl (C=O) groups excluding carboxylic acids is 1. The van der Waals surface area contributed by atoms with Gasteiger partial charge in [0.2, 0.25) is 0 Å². The highest BCUT2D eigenvalue weighted by molar-refractivity contribution is 5.95. The highest BCUT2D eigenvalue weighted by Crippen LogP contribution is 2.30. The quantitative estimate of drug-likeness (QED) is 0.748. The van der Waals surface area contributed by atoms with Crippen molar-refractivity contribution in [2.24, 2.45) is 0 Å². The predicted octanol–water partition coefficient (Wildman–Crippen LogP) is 4.09. The molecule has 1 aromatic carbocycles. The van der Waals surface area contributed by atoms with Crippen LogP contribution in [0.2, 0.25) is 0 Å². The summed E-state index contributed by atoms with van der Waals surface area (Å²) >= 11 is 0. The van der Waals surface area contributed by atoms with Crippen LogP contribution >= 0.6 is 0 Å². The highest BCUT2D eigenvalue weighted by Gasteiger charge is 2.30. The molecular formula is C19H17F3N4O. The molecule has 8 heteroatoms. The highest BCUT2D eigenvalue weighted by atomic mass is 19.4. The number of amides is 1. The first-order valence-electron chi connectivity index (χ1n) is 8.20. The molecule has 0 fully saturated rings. The first kappa shape index (κ1) is 18.6. The molecule has 0 aliphatic carbocycles. The molecular weight excluding hydrogens is 357 g/mol. The van der Waals surface area contributed by atoms with Crippen molar-refractivity contribution in [3.05, 3.63) is 77.4 Å². The smallest absolute Gasteiger partial charge is 0.345 e. The Bertz CT molecular complexity index is 951. The normalized spacial score (nSPS) is 12.6. The lowest BCUT2D eigenvalue weighted by Gasteiger charge is -2.14. The van der Waals surface area contributed by atoms with Crippen molar-refractivity contribution >= 4 is 5.91 Å². The molecule has 140 valence electrons. The third-order valence-electron chi connectivity index (χ3n) is 4.23. The molecule has 1 unspecified atom stereocenters. The van der Waals surface area contributed by atoms with Crippen LogP contribution in [-0.2, 0) is 6.18 Å². The van der Waals surface area contributed by atoms with Crippen LogP contribution in [-0.4, -0.2) is 20.7 Å². The lowest BCUT2D eigenvalue weighted by Crippen LogP contribution is -2.27. The molecule has 0 saturated heterocycles. The summed E-state index contributed by atoms with van der Waals surface area (Å²) in [4.78, 5) is 16.5. The molecule has 2 heterocycles. The molecule has 2 aromatic heterocycles. The van der Waals surface area contributed by atoms with Gasteiger partial charge in [-0.3, -0.25) is 9.78 Å². The Morgan fingerprint density at radius 3 is 2.56 bits per heavy atom. The van der Waals surface area contributed by atoms with Crippen LogP contribution in [0.15, 0.2) is 55.0 Å². The van der Waals surface area contributed by atoms with Crippen molar-refractivity contribution in [1.82, 2.24) is 20.1 Å². The Balaban J connectivity index is 1.84. The molecule has 0 aliphatic rings. The lowest BCUT2D eigenvalue weighted by atomic mass is 10.1. The van der Waals surface area contributed by atoms with E-state index in [9.17, 15) is 18.0 Å². The number of carbonyl (C=O) groups is 1. The molecule has 1 atom stereocenters. The van der Waals surface area contributed by atoms with Gasteiger partial charge in [0.05, 0.1) is 34.7 Å². The van der Waals surface area contributed by atoms with E-state index >= 15 is 0 Å². The maximum atomic E-state index is 12.9. The first-order valence-corrected chi connectivity index (χ1v) is 8.20. The number of rotatable bonds is 4. The van der Waals surface area contributed by atoms with E-state index in [1.54, 1.807) is 31.5 Å². The zero-order chi connectivity index (χ0) is 19.6. The number of alkyl halides is 3. The lowest BCUT2D eigenvalue weighted by molar-refractivity contribution is -0.137. The van der Waals surface area contributed by atoms with Crippen LogP contribution < -0.4 is 5.32 Å².